The SMILES string of the molecule is CNS(=O)(=O)c1c(Cl)cnn1C. The second-order valence-electron chi connectivity index (χ2n) is 2.13. The first-order valence-electron chi connectivity index (χ1n) is 3.10. The van der Waals surface area contributed by atoms with Gasteiger partial charge < -0.3 is 0 Å². The van der Waals surface area contributed by atoms with Crippen LogP contribution in [-0.4, -0.2) is 25.2 Å². The highest BCUT2D eigenvalue weighted by atomic mass is 35.5. The molecule has 1 aromatic rings. The van der Waals surface area contributed by atoms with Gasteiger partial charge in [-0.25, -0.2) is 13.1 Å². The van der Waals surface area contributed by atoms with Crippen molar-refractivity contribution in [1.29, 1.82) is 0 Å². The molecule has 0 aliphatic heterocycles. The molecule has 0 aliphatic rings. The molecule has 0 aromatic carbocycles. The molecule has 1 N–H and O–H groups in total. The number of sulfonamides is 1. The van der Waals surface area contributed by atoms with Crippen molar-refractivity contribution in [3.05, 3.63) is 11.2 Å². The van der Waals surface area contributed by atoms with Gasteiger partial charge in [0, 0.05) is 7.05 Å². The second-order valence-corrected chi connectivity index (χ2v) is 4.34. The van der Waals surface area contributed by atoms with Crippen molar-refractivity contribution in [3.8, 4) is 0 Å². The highest BCUT2D eigenvalue weighted by molar-refractivity contribution is 7.89. The van der Waals surface area contributed by atoms with Crippen LogP contribution >= 0.6 is 11.6 Å². The molecular weight excluding hydrogens is 202 g/mol. The third-order valence-electron chi connectivity index (χ3n) is 1.37. The zero-order valence-electron chi connectivity index (χ0n) is 6.57. The van der Waals surface area contributed by atoms with E-state index in [1.807, 2.05) is 0 Å². The quantitative estimate of drug-likeness (QED) is 0.745. The predicted octanol–water partition coefficient (Wildman–Crippen LogP) is -0.0184. The molecule has 0 spiro atoms. The summed E-state index contributed by atoms with van der Waals surface area (Å²) in [5.41, 5.74) is 0. The smallest absolute Gasteiger partial charge is 0.255 e. The molecule has 1 aromatic heterocycles. The molecule has 7 heteroatoms. The fourth-order valence-electron chi connectivity index (χ4n) is 0.798. The van der Waals surface area contributed by atoms with Gasteiger partial charge in [0.2, 0.25) is 0 Å². The third kappa shape index (κ3) is 1.45. The van der Waals surface area contributed by atoms with E-state index in [1.54, 1.807) is 0 Å². The van der Waals surface area contributed by atoms with E-state index in [0.717, 1.165) is 0 Å². The van der Waals surface area contributed by atoms with E-state index in [1.165, 1.54) is 25.0 Å². The van der Waals surface area contributed by atoms with Crippen LogP contribution in [0, 0.1) is 0 Å². The van der Waals surface area contributed by atoms with Crippen molar-refractivity contribution in [2.75, 3.05) is 7.05 Å². The van der Waals surface area contributed by atoms with Gasteiger partial charge in [-0.2, -0.15) is 5.10 Å². The number of aromatic nitrogens is 2. The van der Waals surface area contributed by atoms with Gasteiger partial charge in [-0.05, 0) is 7.05 Å². The normalized spacial score (nSPS) is 11.9. The van der Waals surface area contributed by atoms with Crippen LogP contribution in [0.3, 0.4) is 0 Å². The molecule has 0 amide bonds. The average Bonchev–Trinajstić information content (AvgIpc) is 2.31. The Morgan fingerprint density at radius 1 is 1.67 bits per heavy atom. The van der Waals surface area contributed by atoms with Crippen molar-refractivity contribution < 1.29 is 8.42 Å². The Bertz CT molecular complexity index is 364. The largest absolute Gasteiger partial charge is 0.258 e. The Morgan fingerprint density at radius 2 is 2.25 bits per heavy atom. The summed E-state index contributed by atoms with van der Waals surface area (Å²) >= 11 is 5.61. The standard InChI is InChI=1S/C5H8ClN3O2S/c1-7-12(10,11)5-4(6)3-8-9(5)2/h3,7H,1-2H3. The number of halogens is 1. The Hall–Kier alpha value is -0.590. The van der Waals surface area contributed by atoms with Gasteiger partial charge in [-0.1, -0.05) is 11.6 Å². The van der Waals surface area contributed by atoms with Crippen molar-refractivity contribution in [2.45, 2.75) is 5.03 Å². The highest BCUT2D eigenvalue weighted by Gasteiger charge is 2.20. The Labute approximate surface area is 75.4 Å². The molecule has 0 radical (unpaired) electrons. The Morgan fingerprint density at radius 3 is 2.58 bits per heavy atom. The predicted molar refractivity (Wildman–Crippen MR) is 44.5 cm³/mol. The maximum atomic E-state index is 11.2. The molecule has 0 saturated heterocycles. The first-order chi connectivity index (χ1) is 5.49. The summed E-state index contributed by atoms with van der Waals surface area (Å²) in [4.78, 5) is 0. The maximum absolute atomic E-state index is 11.2. The van der Waals surface area contributed by atoms with E-state index in [0.29, 0.717) is 0 Å². The average molecular weight is 210 g/mol. The minimum absolute atomic E-state index is 0.0216. The van der Waals surface area contributed by atoms with E-state index in [4.69, 9.17) is 11.6 Å². The Kier molecular flexibility index (Phi) is 2.41. The molecule has 1 rings (SSSR count). The lowest BCUT2D eigenvalue weighted by Gasteiger charge is -2.01. The van der Waals surface area contributed by atoms with Crippen LogP contribution in [0.25, 0.3) is 0 Å². The van der Waals surface area contributed by atoms with E-state index < -0.39 is 10.0 Å². The molecule has 5 nitrogen and oxygen atoms in total. The topological polar surface area (TPSA) is 64.0 Å². The summed E-state index contributed by atoms with van der Waals surface area (Å²) in [6.07, 6.45) is 1.28. The van der Waals surface area contributed by atoms with Gasteiger partial charge >= 0.3 is 0 Å². The van der Waals surface area contributed by atoms with Gasteiger partial charge in [-0.3, -0.25) is 4.68 Å². The molecule has 0 atom stereocenters. The van der Waals surface area contributed by atoms with E-state index in [-0.39, 0.29) is 10.0 Å². The summed E-state index contributed by atoms with van der Waals surface area (Å²) in [7, 11) is -0.670. The summed E-state index contributed by atoms with van der Waals surface area (Å²) in [5.74, 6) is 0. The number of hydrogen-bond donors (Lipinski definition) is 1. The van der Waals surface area contributed by atoms with Crippen LogP contribution in [0.15, 0.2) is 11.2 Å². The van der Waals surface area contributed by atoms with E-state index >= 15 is 0 Å². The molecule has 0 saturated carbocycles. The third-order valence-corrected chi connectivity index (χ3v) is 3.29. The lowest BCUT2D eigenvalue weighted by atomic mass is 10.7. The van der Waals surface area contributed by atoms with Crippen LogP contribution in [0.2, 0.25) is 5.02 Å². The number of aryl methyl sites for hydroxylation is 1. The summed E-state index contributed by atoms with van der Waals surface area (Å²) in [5, 5.41) is 3.79. The minimum atomic E-state index is -3.50. The van der Waals surface area contributed by atoms with Gasteiger partial charge in [0.15, 0.2) is 5.03 Å². The van der Waals surface area contributed by atoms with Crippen molar-refractivity contribution >= 4 is 21.6 Å². The summed E-state index contributed by atoms with van der Waals surface area (Å²) in [6, 6.07) is 0. The van der Waals surface area contributed by atoms with Gasteiger partial charge in [0.1, 0.15) is 0 Å². The number of nitrogens with zero attached hydrogens (tertiary/aromatic N) is 2. The van der Waals surface area contributed by atoms with E-state index in [2.05, 4.69) is 9.82 Å². The Balaban J connectivity index is 3.37. The number of nitrogens with one attached hydrogen (secondary N) is 1. The van der Waals surface area contributed by atoms with Crippen LogP contribution in [-0.2, 0) is 17.1 Å². The second kappa shape index (κ2) is 3.04. The molecule has 68 valence electrons. The lowest BCUT2D eigenvalue weighted by molar-refractivity contribution is 0.569. The first-order valence-corrected chi connectivity index (χ1v) is 4.96. The number of hydrogen-bond acceptors (Lipinski definition) is 3. The van der Waals surface area contributed by atoms with Gasteiger partial charge in [0.25, 0.3) is 10.0 Å². The summed E-state index contributed by atoms with van der Waals surface area (Å²) in [6.45, 7) is 0. The van der Waals surface area contributed by atoms with Crippen LogP contribution in [0.4, 0.5) is 0 Å². The zero-order valence-corrected chi connectivity index (χ0v) is 8.15. The van der Waals surface area contributed by atoms with Gasteiger partial charge in [-0.15, -0.1) is 0 Å². The monoisotopic (exact) mass is 209 g/mol. The molecule has 12 heavy (non-hydrogen) atoms. The molecule has 0 bridgehead atoms. The molecule has 0 fully saturated rings. The van der Waals surface area contributed by atoms with Crippen LogP contribution in [0.1, 0.15) is 0 Å². The maximum Gasteiger partial charge on any atom is 0.258 e. The van der Waals surface area contributed by atoms with Crippen molar-refractivity contribution in [1.82, 2.24) is 14.5 Å². The fourth-order valence-corrected chi connectivity index (χ4v) is 2.17. The van der Waals surface area contributed by atoms with Crippen molar-refractivity contribution in [3.63, 3.8) is 0 Å². The summed E-state index contributed by atoms with van der Waals surface area (Å²) < 4.78 is 25.8. The lowest BCUT2D eigenvalue weighted by Crippen LogP contribution is -2.21. The number of rotatable bonds is 2. The van der Waals surface area contributed by atoms with Crippen molar-refractivity contribution in [2.24, 2.45) is 7.05 Å². The minimum Gasteiger partial charge on any atom is -0.255 e. The fraction of sp³-hybridized carbons (Fsp3) is 0.400. The molecule has 0 unspecified atom stereocenters. The van der Waals surface area contributed by atoms with Crippen LogP contribution < -0.4 is 4.72 Å². The highest BCUT2D eigenvalue weighted by Crippen LogP contribution is 2.18. The van der Waals surface area contributed by atoms with E-state index in [9.17, 15) is 8.42 Å². The zero-order chi connectivity index (χ0) is 9.35. The molecular formula is C5H8ClN3O2S. The molecule has 0 aliphatic carbocycles. The molecule has 1 heterocycles. The van der Waals surface area contributed by atoms with Gasteiger partial charge in [0.05, 0.1) is 11.2 Å². The van der Waals surface area contributed by atoms with Crippen LogP contribution in [0.5, 0.6) is 0 Å². The first kappa shape index (κ1) is 9.50.